The summed E-state index contributed by atoms with van der Waals surface area (Å²) in [6.45, 7) is 3.97. The molecule has 2 heterocycles. The molecule has 0 fully saturated rings. The maximum Gasteiger partial charge on any atom is 0.267 e. The lowest BCUT2D eigenvalue weighted by Gasteiger charge is -2.04. The Hall–Kier alpha value is -2.73. The molecule has 25 heavy (non-hydrogen) atoms. The van der Waals surface area contributed by atoms with E-state index in [1.54, 1.807) is 25.4 Å². The van der Waals surface area contributed by atoms with Crippen LogP contribution in [0.4, 0.5) is 5.69 Å². The summed E-state index contributed by atoms with van der Waals surface area (Å²) in [7, 11) is 1.55. The van der Waals surface area contributed by atoms with Crippen molar-refractivity contribution in [2.24, 2.45) is 0 Å². The zero-order chi connectivity index (χ0) is 17.8. The number of amides is 1. The Morgan fingerprint density at radius 1 is 1.20 bits per heavy atom. The second-order valence-corrected chi connectivity index (χ2v) is 6.53. The third-order valence-corrected chi connectivity index (χ3v) is 5.02. The lowest BCUT2D eigenvalue weighted by atomic mass is 10.1. The molecule has 0 aliphatic carbocycles. The van der Waals surface area contributed by atoms with Gasteiger partial charge >= 0.3 is 0 Å². The Kier molecular flexibility index (Phi) is 5.09. The third-order valence-electron chi connectivity index (χ3n) is 3.82. The molecule has 3 rings (SSSR count). The normalized spacial score (nSPS) is 10.5. The standard InChI is InChI=1S/C19H19N3O2S/c1-4-13-5-7-14(8-6-13)19-21-12(2)17(25-19)18(23)22-15-9-10-16(24-3)20-11-15/h5-11H,4H2,1-3H3,(H,22,23). The monoisotopic (exact) mass is 353 g/mol. The van der Waals surface area contributed by atoms with E-state index in [0.717, 1.165) is 22.7 Å². The number of hydrogen-bond donors (Lipinski definition) is 1. The smallest absolute Gasteiger partial charge is 0.267 e. The second-order valence-electron chi connectivity index (χ2n) is 5.53. The Morgan fingerprint density at radius 2 is 1.96 bits per heavy atom. The Labute approximate surface area is 150 Å². The first-order chi connectivity index (χ1) is 12.1. The molecule has 5 nitrogen and oxygen atoms in total. The number of benzene rings is 1. The minimum Gasteiger partial charge on any atom is -0.481 e. The van der Waals surface area contributed by atoms with E-state index in [1.165, 1.54) is 16.9 Å². The van der Waals surface area contributed by atoms with E-state index < -0.39 is 0 Å². The van der Waals surface area contributed by atoms with Crippen LogP contribution in [0, 0.1) is 6.92 Å². The van der Waals surface area contributed by atoms with Crippen LogP contribution < -0.4 is 10.1 Å². The van der Waals surface area contributed by atoms with Gasteiger partial charge in [0.05, 0.1) is 24.7 Å². The number of nitrogens with zero attached hydrogens (tertiary/aromatic N) is 2. The topological polar surface area (TPSA) is 64.1 Å². The average molecular weight is 353 g/mol. The van der Waals surface area contributed by atoms with E-state index >= 15 is 0 Å². The molecular formula is C19H19N3O2S. The van der Waals surface area contributed by atoms with Crippen molar-refractivity contribution in [3.05, 3.63) is 58.7 Å². The maximum absolute atomic E-state index is 12.5. The first-order valence-corrected chi connectivity index (χ1v) is 8.80. The molecule has 0 aliphatic heterocycles. The number of thiazole rings is 1. The highest BCUT2D eigenvalue weighted by Crippen LogP contribution is 2.29. The SMILES string of the molecule is CCc1ccc(-c2nc(C)c(C(=O)Nc3ccc(OC)nc3)s2)cc1. The quantitative estimate of drug-likeness (QED) is 0.741. The van der Waals surface area contributed by atoms with Gasteiger partial charge in [0.15, 0.2) is 0 Å². The number of methoxy groups -OCH3 is 1. The van der Waals surface area contributed by atoms with Crippen molar-refractivity contribution in [2.45, 2.75) is 20.3 Å². The average Bonchev–Trinajstić information content (AvgIpc) is 3.04. The summed E-state index contributed by atoms with van der Waals surface area (Å²) < 4.78 is 5.01. The van der Waals surface area contributed by atoms with Crippen molar-refractivity contribution in [2.75, 3.05) is 12.4 Å². The van der Waals surface area contributed by atoms with Gasteiger partial charge in [-0.2, -0.15) is 0 Å². The molecule has 3 aromatic rings. The number of aryl methyl sites for hydroxylation is 2. The lowest BCUT2D eigenvalue weighted by Crippen LogP contribution is -2.11. The van der Waals surface area contributed by atoms with Crippen LogP contribution in [0.1, 0.15) is 27.9 Å². The summed E-state index contributed by atoms with van der Waals surface area (Å²) in [4.78, 5) is 21.8. The van der Waals surface area contributed by atoms with E-state index in [4.69, 9.17) is 4.74 Å². The molecule has 6 heteroatoms. The Balaban J connectivity index is 1.79. The molecule has 1 N–H and O–H groups in total. The first-order valence-electron chi connectivity index (χ1n) is 7.99. The molecule has 0 aliphatic rings. The van der Waals surface area contributed by atoms with E-state index in [1.807, 2.05) is 19.1 Å². The highest BCUT2D eigenvalue weighted by molar-refractivity contribution is 7.17. The van der Waals surface area contributed by atoms with Gasteiger partial charge in [-0.15, -0.1) is 11.3 Å². The molecule has 0 unspecified atom stereocenters. The molecule has 1 amide bonds. The number of hydrogen-bond acceptors (Lipinski definition) is 5. The van der Waals surface area contributed by atoms with Gasteiger partial charge in [0.1, 0.15) is 9.88 Å². The molecule has 2 aromatic heterocycles. The number of aromatic nitrogens is 2. The molecule has 1 aromatic carbocycles. The van der Waals surface area contributed by atoms with Crippen LogP contribution in [0.3, 0.4) is 0 Å². The predicted octanol–water partition coefficient (Wildman–Crippen LogP) is 4.34. The molecule has 0 bridgehead atoms. The van der Waals surface area contributed by atoms with Crippen molar-refractivity contribution < 1.29 is 9.53 Å². The van der Waals surface area contributed by atoms with E-state index in [-0.39, 0.29) is 5.91 Å². The lowest BCUT2D eigenvalue weighted by molar-refractivity contribution is 0.102. The van der Waals surface area contributed by atoms with Gasteiger partial charge in [-0.3, -0.25) is 4.79 Å². The fourth-order valence-electron chi connectivity index (χ4n) is 2.38. The van der Waals surface area contributed by atoms with Crippen molar-refractivity contribution >= 4 is 22.9 Å². The molecule has 128 valence electrons. The minimum absolute atomic E-state index is 0.182. The second kappa shape index (κ2) is 7.44. The molecule has 0 saturated carbocycles. The first kappa shape index (κ1) is 17.1. The van der Waals surface area contributed by atoms with Crippen molar-refractivity contribution in [1.82, 2.24) is 9.97 Å². The van der Waals surface area contributed by atoms with Gasteiger partial charge in [-0.25, -0.2) is 9.97 Å². The summed E-state index contributed by atoms with van der Waals surface area (Å²) in [6.07, 6.45) is 2.57. The number of ether oxygens (including phenoxy) is 1. The summed E-state index contributed by atoms with van der Waals surface area (Å²) in [5, 5.41) is 3.69. The highest BCUT2D eigenvalue weighted by atomic mass is 32.1. The number of rotatable bonds is 5. The summed E-state index contributed by atoms with van der Waals surface area (Å²) in [5.74, 6) is 0.322. The van der Waals surface area contributed by atoms with Crippen LogP contribution in [0.5, 0.6) is 5.88 Å². The van der Waals surface area contributed by atoms with Crippen LogP contribution >= 0.6 is 11.3 Å². The van der Waals surface area contributed by atoms with E-state index in [0.29, 0.717) is 16.4 Å². The number of carbonyl (C=O) groups excluding carboxylic acids is 1. The van der Waals surface area contributed by atoms with Gasteiger partial charge < -0.3 is 10.1 Å². The zero-order valence-electron chi connectivity index (χ0n) is 14.4. The fraction of sp³-hybridized carbons (Fsp3) is 0.211. The number of anilines is 1. The Morgan fingerprint density at radius 3 is 2.56 bits per heavy atom. The van der Waals surface area contributed by atoms with Crippen molar-refractivity contribution in [3.8, 4) is 16.5 Å². The van der Waals surface area contributed by atoms with Crippen LogP contribution in [0.15, 0.2) is 42.6 Å². The summed E-state index contributed by atoms with van der Waals surface area (Å²) >= 11 is 1.39. The van der Waals surface area contributed by atoms with Crippen molar-refractivity contribution in [1.29, 1.82) is 0 Å². The molecule has 0 saturated heterocycles. The van der Waals surface area contributed by atoms with Gasteiger partial charge in [-0.05, 0) is 25.0 Å². The fourth-order valence-corrected chi connectivity index (χ4v) is 3.34. The summed E-state index contributed by atoms with van der Waals surface area (Å²) in [6, 6.07) is 11.7. The van der Waals surface area contributed by atoms with Gasteiger partial charge in [0.2, 0.25) is 5.88 Å². The molecular weight excluding hydrogens is 334 g/mol. The van der Waals surface area contributed by atoms with Gasteiger partial charge in [-0.1, -0.05) is 31.2 Å². The predicted molar refractivity (Wildman–Crippen MR) is 100 cm³/mol. The van der Waals surface area contributed by atoms with E-state index in [9.17, 15) is 4.79 Å². The van der Waals surface area contributed by atoms with Crippen LogP contribution in [-0.4, -0.2) is 23.0 Å². The molecule has 0 radical (unpaired) electrons. The van der Waals surface area contributed by atoms with Crippen molar-refractivity contribution in [3.63, 3.8) is 0 Å². The van der Waals surface area contributed by atoms with E-state index in [2.05, 4.69) is 34.3 Å². The minimum atomic E-state index is -0.182. The summed E-state index contributed by atoms with van der Waals surface area (Å²) in [5.41, 5.74) is 3.64. The molecule has 0 spiro atoms. The largest absolute Gasteiger partial charge is 0.481 e. The third kappa shape index (κ3) is 3.85. The Bertz CT molecular complexity index is 871. The molecule has 0 atom stereocenters. The number of pyridine rings is 1. The van der Waals surface area contributed by atoms with Gasteiger partial charge in [0, 0.05) is 11.6 Å². The van der Waals surface area contributed by atoms with Crippen LogP contribution in [0.2, 0.25) is 0 Å². The number of nitrogens with one attached hydrogen (secondary N) is 1. The zero-order valence-corrected chi connectivity index (χ0v) is 15.2. The number of carbonyl (C=O) groups is 1. The van der Waals surface area contributed by atoms with Gasteiger partial charge in [0.25, 0.3) is 5.91 Å². The maximum atomic E-state index is 12.5. The van der Waals surface area contributed by atoms with Crippen LogP contribution in [0.25, 0.3) is 10.6 Å². The highest BCUT2D eigenvalue weighted by Gasteiger charge is 2.16. The van der Waals surface area contributed by atoms with Crippen LogP contribution in [-0.2, 0) is 6.42 Å².